The Morgan fingerprint density at radius 2 is 2.04 bits per heavy atom. The molecule has 1 aliphatic heterocycles. The van der Waals surface area contributed by atoms with Gasteiger partial charge in [0.05, 0.1) is 16.6 Å². The van der Waals surface area contributed by atoms with Crippen LogP contribution in [0.4, 0.5) is 5.95 Å². The molecule has 0 saturated carbocycles. The van der Waals surface area contributed by atoms with E-state index in [-0.39, 0.29) is 22.8 Å². The van der Waals surface area contributed by atoms with Gasteiger partial charge in [-0.05, 0) is 24.6 Å². The monoisotopic (exact) mass is 401 g/mol. The number of nitrogen functional groups attached to an aromatic ring is 1. The van der Waals surface area contributed by atoms with Gasteiger partial charge in [-0.3, -0.25) is 9.20 Å². The van der Waals surface area contributed by atoms with Crippen molar-refractivity contribution in [2.75, 3.05) is 18.8 Å². The van der Waals surface area contributed by atoms with Gasteiger partial charge in [-0.2, -0.15) is 0 Å². The fourth-order valence-corrected chi connectivity index (χ4v) is 4.35. The molecule has 28 heavy (non-hydrogen) atoms. The second-order valence-electron chi connectivity index (χ2n) is 6.75. The number of fused-ring (bicyclic) bond motifs is 1. The summed E-state index contributed by atoms with van der Waals surface area (Å²) in [5, 5.41) is 0. The summed E-state index contributed by atoms with van der Waals surface area (Å²) in [4.78, 5) is 25.4. The number of rotatable bonds is 4. The zero-order chi connectivity index (χ0) is 20.1. The molecule has 3 aromatic rings. The molecule has 3 N–H and O–H groups in total. The van der Waals surface area contributed by atoms with Crippen LogP contribution in [0, 0.1) is 6.92 Å². The van der Waals surface area contributed by atoms with Crippen LogP contribution >= 0.6 is 0 Å². The van der Waals surface area contributed by atoms with Crippen molar-refractivity contribution < 1.29 is 13.2 Å². The average molecular weight is 401 g/mol. The molecule has 1 aliphatic rings. The quantitative estimate of drug-likeness (QED) is 0.637. The number of benzene rings is 1. The number of carbonyl (C=O) groups excluding carboxylic acids is 1. The number of aryl methyl sites for hydroxylation is 1. The first-order chi connectivity index (χ1) is 13.2. The molecule has 4 rings (SSSR count). The first kappa shape index (κ1) is 18.3. The second kappa shape index (κ2) is 6.53. The lowest BCUT2D eigenvalue weighted by Crippen LogP contribution is -2.60. The van der Waals surface area contributed by atoms with Crippen molar-refractivity contribution in [1.82, 2.24) is 29.0 Å². The number of hydrogen-bond donors (Lipinski definition) is 2. The van der Waals surface area contributed by atoms with E-state index in [1.165, 1.54) is 13.3 Å². The number of carbonyl (C=O) groups is 1. The summed E-state index contributed by atoms with van der Waals surface area (Å²) < 4.78 is 29.7. The van der Waals surface area contributed by atoms with Crippen LogP contribution in [-0.4, -0.2) is 57.7 Å². The normalized spacial score (nSPS) is 15.0. The first-order valence-electron chi connectivity index (χ1n) is 8.59. The maximum absolute atomic E-state index is 12.8. The lowest BCUT2D eigenvalue weighted by Gasteiger charge is -2.38. The molecule has 146 valence electrons. The highest BCUT2D eigenvalue weighted by Crippen LogP contribution is 2.26. The maximum Gasteiger partial charge on any atom is 0.240 e. The molecule has 1 aromatic carbocycles. The van der Waals surface area contributed by atoms with Crippen molar-refractivity contribution >= 4 is 27.7 Å². The maximum atomic E-state index is 12.8. The molecule has 11 heteroatoms. The molecule has 1 fully saturated rings. The molecule has 0 radical (unpaired) electrons. The Morgan fingerprint density at radius 1 is 1.29 bits per heavy atom. The number of aromatic nitrogens is 4. The Hall–Kier alpha value is -3.05. The molecular formula is C17H19N7O3S. The molecule has 2 aromatic heterocycles. The number of amides is 1. The predicted molar refractivity (Wildman–Crippen MR) is 102 cm³/mol. The minimum Gasteiger partial charge on any atom is -0.369 e. The third kappa shape index (κ3) is 3.18. The van der Waals surface area contributed by atoms with Gasteiger partial charge in [-0.25, -0.2) is 28.1 Å². The van der Waals surface area contributed by atoms with Crippen LogP contribution in [0.15, 0.2) is 35.6 Å². The van der Waals surface area contributed by atoms with Crippen LogP contribution in [0.3, 0.4) is 0 Å². The Bertz CT molecular complexity index is 1180. The highest BCUT2D eigenvalue weighted by atomic mass is 32.2. The van der Waals surface area contributed by atoms with Gasteiger partial charge in [0.15, 0.2) is 0 Å². The van der Waals surface area contributed by atoms with Gasteiger partial charge in [-0.15, -0.1) is 0 Å². The number of likely N-dealkylation sites (tertiary alicyclic amines) is 1. The SMILES string of the molecule is CC(=O)N1CC(NS(=O)(=O)c2ccc(C)c(-c3cn4c(N)ncnc4n3)c2)C1. The molecular weight excluding hydrogens is 382 g/mol. The summed E-state index contributed by atoms with van der Waals surface area (Å²) in [7, 11) is -3.73. The van der Waals surface area contributed by atoms with Gasteiger partial charge in [0, 0.05) is 31.8 Å². The highest BCUT2D eigenvalue weighted by molar-refractivity contribution is 7.89. The fraction of sp³-hybridized carbons (Fsp3) is 0.294. The van der Waals surface area contributed by atoms with Crippen LogP contribution in [0.25, 0.3) is 17.0 Å². The topological polar surface area (TPSA) is 136 Å². The van der Waals surface area contributed by atoms with Crippen molar-refractivity contribution in [1.29, 1.82) is 0 Å². The highest BCUT2D eigenvalue weighted by Gasteiger charge is 2.32. The Balaban J connectivity index is 1.65. The molecule has 1 saturated heterocycles. The van der Waals surface area contributed by atoms with Gasteiger partial charge in [0.2, 0.25) is 27.7 Å². The van der Waals surface area contributed by atoms with Gasteiger partial charge < -0.3 is 10.6 Å². The van der Waals surface area contributed by atoms with Crippen LogP contribution in [0.1, 0.15) is 12.5 Å². The molecule has 0 unspecified atom stereocenters. The standard InChI is InChI=1S/C17H19N7O3S/c1-10-3-4-13(28(26,27)22-12-6-23(7-12)11(2)25)5-14(10)15-8-24-16(18)19-9-20-17(24)21-15/h3-5,8-9,12,22H,6-7H2,1-2H3,(H2,18,19,20,21). The van der Waals surface area contributed by atoms with Crippen molar-refractivity contribution in [3.05, 3.63) is 36.3 Å². The van der Waals surface area contributed by atoms with E-state index in [1.54, 1.807) is 33.7 Å². The van der Waals surface area contributed by atoms with E-state index in [0.29, 0.717) is 30.1 Å². The van der Waals surface area contributed by atoms with Crippen molar-refractivity contribution in [3.63, 3.8) is 0 Å². The number of imidazole rings is 1. The molecule has 0 atom stereocenters. The van der Waals surface area contributed by atoms with Gasteiger partial charge in [0.25, 0.3) is 0 Å². The number of anilines is 1. The smallest absolute Gasteiger partial charge is 0.240 e. The minimum absolute atomic E-state index is 0.0673. The first-order valence-corrected chi connectivity index (χ1v) is 10.1. The van der Waals surface area contributed by atoms with Crippen LogP contribution in [0.2, 0.25) is 0 Å². The van der Waals surface area contributed by atoms with E-state index in [0.717, 1.165) is 5.56 Å². The molecule has 10 nitrogen and oxygen atoms in total. The number of sulfonamides is 1. The summed E-state index contributed by atoms with van der Waals surface area (Å²) in [6.07, 6.45) is 3.00. The van der Waals surface area contributed by atoms with Crippen LogP contribution < -0.4 is 10.5 Å². The molecule has 0 spiro atoms. The fourth-order valence-electron chi connectivity index (χ4n) is 3.10. The summed E-state index contributed by atoms with van der Waals surface area (Å²) in [6.45, 7) is 4.08. The van der Waals surface area contributed by atoms with E-state index in [1.807, 2.05) is 6.92 Å². The molecule has 3 heterocycles. The van der Waals surface area contributed by atoms with Crippen molar-refractivity contribution in [3.8, 4) is 11.3 Å². The van der Waals surface area contributed by atoms with E-state index < -0.39 is 10.0 Å². The van der Waals surface area contributed by atoms with Gasteiger partial charge in [-0.1, -0.05) is 6.07 Å². The predicted octanol–water partition coefficient (Wildman–Crippen LogP) is 0.191. The van der Waals surface area contributed by atoms with E-state index in [9.17, 15) is 13.2 Å². The van der Waals surface area contributed by atoms with Crippen molar-refractivity contribution in [2.24, 2.45) is 0 Å². The van der Waals surface area contributed by atoms with Crippen LogP contribution in [0.5, 0.6) is 0 Å². The molecule has 0 aliphatic carbocycles. The zero-order valence-electron chi connectivity index (χ0n) is 15.3. The number of nitrogens with one attached hydrogen (secondary N) is 1. The Morgan fingerprint density at radius 3 is 2.71 bits per heavy atom. The summed E-state index contributed by atoms with van der Waals surface area (Å²) in [5.74, 6) is 0.557. The van der Waals surface area contributed by atoms with E-state index in [4.69, 9.17) is 5.73 Å². The average Bonchev–Trinajstić information content (AvgIpc) is 3.03. The summed E-state index contributed by atoms with van der Waals surface area (Å²) >= 11 is 0. The number of hydrogen-bond acceptors (Lipinski definition) is 7. The third-order valence-corrected chi connectivity index (χ3v) is 6.26. The Kier molecular flexibility index (Phi) is 4.27. The molecule has 0 bridgehead atoms. The number of nitrogens with zero attached hydrogens (tertiary/aromatic N) is 5. The Labute approximate surface area is 161 Å². The van der Waals surface area contributed by atoms with E-state index in [2.05, 4.69) is 19.7 Å². The summed E-state index contributed by atoms with van der Waals surface area (Å²) in [6, 6.07) is 4.56. The van der Waals surface area contributed by atoms with Crippen molar-refractivity contribution in [2.45, 2.75) is 24.8 Å². The van der Waals surface area contributed by atoms with Crippen LogP contribution in [-0.2, 0) is 14.8 Å². The van der Waals surface area contributed by atoms with Gasteiger partial charge >= 0.3 is 0 Å². The van der Waals surface area contributed by atoms with Gasteiger partial charge in [0.1, 0.15) is 6.33 Å². The molecule has 1 amide bonds. The lowest BCUT2D eigenvalue weighted by molar-refractivity contribution is -0.133. The minimum atomic E-state index is -3.73. The zero-order valence-corrected chi connectivity index (χ0v) is 16.1. The van der Waals surface area contributed by atoms with E-state index >= 15 is 0 Å². The lowest BCUT2D eigenvalue weighted by atomic mass is 10.1. The largest absolute Gasteiger partial charge is 0.369 e. The number of nitrogens with two attached hydrogens (primary N) is 1. The summed E-state index contributed by atoms with van der Waals surface area (Å²) in [5.41, 5.74) is 7.90. The second-order valence-corrected chi connectivity index (χ2v) is 8.46. The third-order valence-electron chi connectivity index (χ3n) is 4.74.